The molecule has 0 spiro atoms. The minimum absolute atomic E-state index is 0. The Hall–Kier alpha value is -0.393. The quantitative estimate of drug-likeness (QED) is 0.374. The Kier molecular flexibility index (Phi) is 6.21. The van der Waals surface area contributed by atoms with Crippen molar-refractivity contribution in [3.63, 3.8) is 0 Å². The van der Waals surface area contributed by atoms with E-state index in [-0.39, 0.29) is 31.0 Å². The number of nitrogens with zero attached hydrogens (tertiary/aromatic N) is 1. The fourth-order valence-electron chi connectivity index (χ4n) is 1.66. The smallest absolute Gasteiger partial charge is 0.455 e. The molecule has 0 aromatic carbocycles. The molecule has 1 unspecified atom stereocenters. The molecule has 3 nitrogen and oxygen atoms in total. The number of hydrogen-bond donors (Lipinski definition) is 0. The van der Waals surface area contributed by atoms with E-state index >= 15 is 0 Å². The van der Waals surface area contributed by atoms with Crippen LogP contribution < -0.4 is 18.9 Å². The van der Waals surface area contributed by atoms with Gasteiger partial charge in [-0.15, -0.1) is 6.58 Å². The maximum absolute atomic E-state index is 11.8. The van der Waals surface area contributed by atoms with Gasteiger partial charge < -0.3 is 9.64 Å². The van der Waals surface area contributed by atoms with E-state index in [0.717, 1.165) is 19.3 Å². The van der Waals surface area contributed by atoms with Gasteiger partial charge in [-0.2, -0.15) is 6.42 Å². The molecule has 1 saturated heterocycles. The van der Waals surface area contributed by atoms with Crippen LogP contribution >= 0.6 is 0 Å². The second-order valence-corrected chi connectivity index (χ2v) is 4.83. The van der Waals surface area contributed by atoms with Crippen LogP contribution in [0.5, 0.6) is 0 Å². The minimum atomic E-state index is -0.424. The van der Waals surface area contributed by atoms with Crippen LogP contribution in [0.15, 0.2) is 12.7 Å². The summed E-state index contributed by atoms with van der Waals surface area (Å²) in [6.07, 6.45) is 4.38. The Morgan fingerprint density at radius 2 is 2.25 bits per heavy atom. The zero-order valence-corrected chi connectivity index (χ0v) is 10.8. The molecule has 4 heteroatoms. The molecular weight excluding hydrogens is 197 g/mol. The van der Waals surface area contributed by atoms with Crippen molar-refractivity contribution in [1.29, 1.82) is 0 Å². The van der Waals surface area contributed by atoms with E-state index in [4.69, 9.17) is 4.74 Å². The van der Waals surface area contributed by atoms with Crippen molar-refractivity contribution in [2.45, 2.75) is 51.7 Å². The van der Waals surface area contributed by atoms with Gasteiger partial charge in [-0.05, 0) is 27.2 Å². The zero-order valence-electron chi connectivity index (χ0n) is 10.8. The molecule has 0 aromatic rings. The fourth-order valence-corrected chi connectivity index (χ4v) is 1.66. The fraction of sp³-hybridized carbons (Fsp3) is 0.667. The molecule has 16 heavy (non-hydrogen) atoms. The van der Waals surface area contributed by atoms with Crippen molar-refractivity contribution in [2.24, 2.45) is 0 Å². The Morgan fingerprint density at radius 1 is 1.62 bits per heavy atom. The first-order chi connectivity index (χ1) is 6.94. The third kappa shape index (κ3) is 4.63. The van der Waals surface area contributed by atoms with Crippen molar-refractivity contribution < 1.29 is 28.4 Å². The van der Waals surface area contributed by atoms with Gasteiger partial charge in [0.25, 0.3) is 0 Å². The van der Waals surface area contributed by atoms with Gasteiger partial charge in [-0.1, -0.05) is 12.5 Å². The molecule has 0 radical (unpaired) electrons. The molecule has 1 amide bonds. The number of rotatable bonds is 2. The summed E-state index contributed by atoms with van der Waals surface area (Å²) in [5.41, 5.74) is -0.424. The average molecular weight is 217 g/mol. The SMILES string of the molecule is C=CCC1CC[CH-]N1C(=O)OC(C)(C)C.[Li+]. The average Bonchev–Trinajstić information content (AvgIpc) is 2.49. The van der Waals surface area contributed by atoms with Crippen LogP contribution in [0.3, 0.4) is 0 Å². The molecule has 86 valence electrons. The first-order valence-corrected chi connectivity index (χ1v) is 5.39. The van der Waals surface area contributed by atoms with Gasteiger partial charge in [0.05, 0.1) is 0 Å². The maximum atomic E-state index is 11.8. The summed E-state index contributed by atoms with van der Waals surface area (Å²) in [5.74, 6) is 0. The predicted molar refractivity (Wildman–Crippen MR) is 60.2 cm³/mol. The molecule has 0 aliphatic carbocycles. The molecule has 1 aliphatic heterocycles. The number of ether oxygens (including phenoxy) is 1. The van der Waals surface area contributed by atoms with Gasteiger partial charge in [-0.25, -0.2) is 11.3 Å². The van der Waals surface area contributed by atoms with Gasteiger partial charge in [0.2, 0.25) is 0 Å². The second-order valence-electron chi connectivity index (χ2n) is 4.83. The van der Waals surface area contributed by atoms with Crippen LogP contribution in [0.2, 0.25) is 0 Å². The van der Waals surface area contributed by atoms with Crippen molar-refractivity contribution in [1.82, 2.24) is 4.90 Å². The van der Waals surface area contributed by atoms with Gasteiger partial charge in [-0.3, -0.25) is 0 Å². The zero-order chi connectivity index (χ0) is 11.5. The molecule has 0 saturated carbocycles. The molecule has 0 bridgehead atoms. The van der Waals surface area contributed by atoms with E-state index in [0.29, 0.717) is 0 Å². The normalized spacial score (nSPS) is 20.2. The standard InChI is InChI=1S/C12H20NO2.Li/c1-5-7-10-8-6-9-13(10)11(14)15-12(2,3)4;/h5,9-10H,1,6-8H2,2-4H3;/q-1;+1. The van der Waals surface area contributed by atoms with Crippen LogP contribution in [-0.2, 0) is 4.74 Å². The Labute approximate surface area is 110 Å². The molecule has 1 aliphatic rings. The van der Waals surface area contributed by atoms with Gasteiger partial charge in [0.1, 0.15) is 5.60 Å². The van der Waals surface area contributed by atoms with Gasteiger partial charge >= 0.3 is 25.0 Å². The van der Waals surface area contributed by atoms with Crippen LogP contribution in [0, 0.1) is 6.54 Å². The van der Waals surface area contributed by atoms with Crippen molar-refractivity contribution in [2.75, 3.05) is 0 Å². The third-order valence-corrected chi connectivity index (χ3v) is 2.26. The summed E-state index contributed by atoms with van der Waals surface area (Å²) in [4.78, 5) is 13.5. The van der Waals surface area contributed by atoms with Crippen LogP contribution in [0.1, 0.15) is 40.0 Å². The van der Waals surface area contributed by atoms with Crippen molar-refractivity contribution in [3.05, 3.63) is 19.2 Å². The third-order valence-electron chi connectivity index (χ3n) is 2.26. The Morgan fingerprint density at radius 3 is 2.75 bits per heavy atom. The van der Waals surface area contributed by atoms with E-state index in [1.165, 1.54) is 0 Å². The van der Waals surface area contributed by atoms with E-state index in [9.17, 15) is 4.79 Å². The van der Waals surface area contributed by atoms with E-state index < -0.39 is 5.60 Å². The summed E-state index contributed by atoms with van der Waals surface area (Å²) >= 11 is 0. The Balaban J connectivity index is 0.00000225. The first kappa shape index (κ1) is 15.6. The number of likely N-dealkylation sites (tertiary alicyclic amines) is 1. The molecule has 1 heterocycles. The molecular formula is C12H20LiNO2. The second kappa shape index (κ2) is 6.37. The largest absolute Gasteiger partial charge is 1.00 e. The topological polar surface area (TPSA) is 29.5 Å². The van der Waals surface area contributed by atoms with Crippen LogP contribution in [-0.4, -0.2) is 22.6 Å². The summed E-state index contributed by atoms with van der Waals surface area (Å²) in [6, 6.07) is 0.234. The first-order valence-electron chi connectivity index (χ1n) is 5.39. The van der Waals surface area contributed by atoms with Gasteiger partial charge in [0, 0.05) is 6.04 Å². The summed E-state index contributed by atoms with van der Waals surface area (Å²) in [6.45, 7) is 11.3. The number of amides is 1. The summed E-state index contributed by atoms with van der Waals surface area (Å²) in [7, 11) is 0. The van der Waals surface area contributed by atoms with Gasteiger partial charge in [0.15, 0.2) is 0 Å². The summed E-state index contributed by atoms with van der Waals surface area (Å²) in [5, 5.41) is 0. The van der Waals surface area contributed by atoms with Crippen LogP contribution in [0.25, 0.3) is 0 Å². The maximum Gasteiger partial charge on any atom is 1.00 e. The molecule has 1 fully saturated rings. The predicted octanol–water partition coefficient (Wildman–Crippen LogP) is 0.128. The number of carbonyl (C=O) groups is 1. The van der Waals surface area contributed by atoms with Crippen LogP contribution in [0.4, 0.5) is 4.79 Å². The molecule has 0 aromatic heterocycles. The molecule has 0 N–H and O–H groups in total. The Bertz CT molecular complexity index is 248. The van der Waals surface area contributed by atoms with E-state index in [1.807, 2.05) is 33.4 Å². The summed E-state index contributed by atoms with van der Waals surface area (Å²) < 4.78 is 5.32. The monoisotopic (exact) mass is 217 g/mol. The van der Waals surface area contributed by atoms with E-state index in [1.54, 1.807) is 4.90 Å². The molecule has 1 rings (SSSR count). The minimum Gasteiger partial charge on any atom is -0.455 e. The van der Waals surface area contributed by atoms with Crippen molar-refractivity contribution in [3.8, 4) is 0 Å². The number of carbonyl (C=O) groups excluding carboxylic acids is 1. The van der Waals surface area contributed by atoms with E-state index in [2.05, 4.69) is 6.58 Å². The molecule has 1 atom stereocenters. The number of hydrogen-bond acceptors (Lipinski definition) is 2. The van der Waals surface area contributed by atoms with Crippen molar-refractivity contribution >= 4 is 6.09 Å².